The first-order chi connectivity index (χ1) is 15.9. The molecule has 0 unspecified atom stereocenters. The first-order valence-corrected chi connectivity index (χ1v) is 10.6. The number of aryl methyl sites for hydroxylation is 2. The Morgan fingerprint density at radius 3 is 2.21 bits per heavy atom. The van der Waals surface area contributed by atoms with Gasteiger partial charge in [-0.05, 0) is 79.9 Å². The van der Waals surface area contributed by atoms with E-state index in [1.165, 1.54) is 12.1 Å². The van der Waals surface area contributed by atoms with Crippen LogP contribution in [0.15, 0.2) is 66.7 Å². The summed E-state index contributed by atoms with van der Waals surface area (Å²) in [6.07, 6.45) is -0.800. The van der Waals surface area contributed by atoms with Crippen LogP contribution in [0.2, 0.25) is 0 Å². The highest BCUT2D eigenvalue weighted by Gasteiger charge is 2.12. The first kappa shape index (κ1) is 23.5. The van der Waals surface area contributed by atoms with Crippen molar-refractivity contribution in [3.63, 3.8) is 0 Å². The number of rotatable bonds is 7. The molecular formula is C26H26N2O5. The Bertz CT molecular complexity index is 1160. The molecule has 0 saturated heterocycles. The quantitative estimate of drug-likeness (QED) is 0.393. The Hall–Kier alpha value is -4.13. The molecule has 0 bridgehead atoms. The molecule has 7 heteroatoms. The lowest BCUT2D eigenvalue weighted by atomic mass is 10.1. The van der Waals surface area contributed by atoms with Gasteiger partial charge in [0.1, 0.15) is 5.75 Å². The van der Waals surface area contributed by atoms with E-state index >= 15 is 0 Å². The summed E-state index contributed by atoms with van der Waals surface area (Å²) in [5.41, 5.74) is 4.51. The smallest absolute Gasteiger partial charge is 0.434 e. The van der Waals surface area contributed by atoms with Gasteiger partial charge >= 0.3 is 6.16 Å². The Balaban J connectivity index is 1.64. The summed E-state index contributed by atoms with van der Waals surface area (Å²) in [4.78, 5) is 36.6. The van der Waals surface area contributed by atoms with Crippen molar-refractivity contribution in [1.82, 2.24) is 5.32 Å². The predicted octanol–water partition coefficient (Wildman–Crippen LogP) is 5.02. The fourth-order valence-electron chi connectivity index (χ4n) is 3.07. The third-order valence-corrected chi connectivity index (χ3v) is 5.05. The summed E-state index contributed by atoms with van der Waals surface area (Å²) >= 11 is 0. The minimum atomic E-state index is -0.800. The highest BCUT2D eigenvalue weighted by molar-refractivity contribution is 6.04. The number of hydrogen-bond donors (Lipinski definition) is 2. The molecule has 33 heavy (non-hydrogen) atoms. The van der Waals surface area contributed by atoms with Gasteiger partial charge in [0, 0.05) is 23.4 Å². The van der Waals surface area contributed by atoms with Crippen LogP contribution in [0.4, 0.5) is 10.5 Å². The molecule has 0 aliphatic carbocycles. The summed E-state index contributed by atoms with van der Waals surface area (Å²) < 4.78 is 9.72. The van der Waals surface area contributed by atoms with Crippen molar-refractivity contribution in [2.45, 2.75) is 27.3 Å². The Morgan fingerprint density at radius 1 is 0.818 bits per heavy atom. The third kappa shape index (κ3) is 6.43. The van der Waals surface area contributed by atoms with Crippen LogP contribution in [0.3, 0.4) is 0 Å². The number of carbonyl (C=O) groups excluding carboxylic acids is 3. The number of carbonyl (C=O) groups is 3. The van der Waals surface area contributed by atoms with E-state index in [9.17, 15) is 14.4 Å². The van der Waals surface area contributed by atoms with Crippen molar-refractivity contribution < 1.29 is 23.9 Å². The minimum absolute atomic E-state index is 0.184. The van der Waals surface area contributed by atoms with Crippen molar-refractivity contribution in [2.75, 3.05) is 11.9 Å². The van der Waals surface area contributed by atoms with E-state index in [2.05, 4.69) is 10.6 Å². The monoisotopic (exact) mass is 446 g/mol. The summed E-state index contributed by atoms with van der Waals surface area (Å²) in [7, 11) is 0. The number of amides is 2. The van der Waals surface area contributed by atoms with Gasteiger partial charge in [-0.1, -0.05) is 24.3 Å². The summed E-state index contributed by atoms with van der Waals surface area (Å²) in [6, 6.07) is 19.0. The molecular weight excluding hydrogens is 420 g/mol. The second kappa shape index (κ2) is 10.9. The van der Waals surface area contributed by atoms with Crippen LogP contribution in [-0.4, -0.2) is 24.6 Å². The van der Waals surface area contributed by atoms with Crippen LogP contribution in [0.1, 0.15) is 44.3 Å². The highest BCUT2D eigenvalue weighted by atomic mass is 16.7. The van der Waals surface area contributed by atoms with Gasteiger partial charge in [0.15, 0.2) is 0 Å². The van der Waals surface area contributed by atoms with Crippen molar-refractivity contribution in [1.29, 1.82) is 0 Å². The molecule has 2 N–H and O–H groups in total. The van der Waals surface area contributed by atoms with E-state index in [-0.39, 0.29) is 30.7 Å². The molecule has 0 fully saturated rings. The van der Waals surface area contributed by atoms with Crippen LogP contribution < -0.4 is 15.4 Å². The predicted molar refractivity (Wildman–Crippen MR) is 126 cm³/mol. The van der Waals surface area contributed by atoms with Crippen LogP contribution in [0.25, 0.3) is 0 Å². The van der Waals surface area contributed by atoms with E-state index in [0.29, 0.717) is 16.8 Å². The fourth-order valence-corrected chi connectivity index (χ4v) is 3.07. The normalized spacial score (nSPS) is 10.3. The molecule has 0 aromatic heterocycles. The molecule has 0 aliphatic heterocycles. The number of benzene rings is 3. The summed E-state index contributed by atoms with van der Waals surface area (Å²) in [5, 5.41) is 5.77. The Kier molecular flexibility index (Phi) is 7.81. The molecule has 3 aromatic carbocycles. The van der Waals surface area contributed by atoms with Gasteiger partial charge < -0.3 is 20.1 Å². The van der Waals surface area contributed by atoms with Crippen LogP contribution in [-0.2, 0) is 11.3 Å². The van der Waals surface area contributed by atoms with Gasteiger partial charge in [-0.2, -0.15) is 0 Å². The van der Waals surface area contributed by atoms with E-state index in [1.54, 1.807) is 37.3 Å². The number of ether oxygens (including phenoxy) is 2. The topological polar surface area (TPSA) is 93.7 Å². The molecule has 0 heterocycles. The van der Waals surface area contributed by atoms with Gasteiger partial charge in [-0.15, -0.1) is 0 Å². The lowest BCUT2D eigenvalue weighted by Crippen LogP contribution is -2.24. The lowest BCUT2D eigenvalue weighted by Gasteiger charge is -2.13. The molecule has 170 valence electrons. The molecule has 0 saturated carbocycles. The Morgan fingerprint density at radius 2 is 1.52 bits per heavy atom. The maximum Gasteiger partial charge on any atom is 0.513 e. The van der Waals surface area contributed by atoms with E-state index < -0.39 is 6.16 Å². The minimum Gasteiger partial charge on any atom is -0.434 e. The number of anilines is 1. The summed E-state index contributed by atoms with van der Waals surface area (Å²) in [5.74, 6) is -0.235. The van der Waals surface area contributed by atoms with Crippen LogP contribution in [0.5, 0.6) is 5.75 Å². The second-order valence-corrected chi connectivity index (χ2v) is 7.40. The zero-order valence-corrected chi connectivity index (χ0v) is 18.8. The molecule has 7 nitrogen and oxygen atoms in total. The largest absolute Gasteiger partial charge is 0.513 e. The second-order valence-electron chi connectivity index (χ2n) is 7.40. The molecule has 3 rings (SSSR count). The molecule has 0 spiro atoms. The first-order valence-electron chi connectivity index (χ1n) is 10.6. The van der Waals surface area contributed by atoms with Crippen molar-refractivity contribution >= 4 is 23.7 Å². The molecule has 2 amide bonds. The van der Waals surface area contributed by atoms with Crippen LogP contribution in [0, 0.1) is 13.8 Å². The Labute approximate surface area is 192 Å². The SMILES string of the molecule is CCOC(=O)Oc1ccc(C(=O)Nc2ccccc2CNC(=O)c2ccc(C)c(C)c2)cc1. The number of para-hydroxylation sites is 1. The average molecular weight is 447 g/mol. The maximum atomic E-state index is 12.7. The molecule has 0 aliphatic rings. The zero-order chi connectivity index (χ0) is 23.8. The molecule has 0 atom stereocenters. The standard InChI is InChI=1S/C26H26N2O5/c1-4-32-26(31)33-22-13-11-19(12-14-22)25(30)28-23-8-6-5-7-21(23)16-27-24(29)20-10-9-17(2)18(3)15-20/h5-15H,4,16H2,1-3H3,(H,27,29)(H,28,30). The van der Waals surface area contributed by atoms with Crippen LogP contribution >= 0.6 is 0 Å². The van der Waals surface area contributed by atoms with Gasteiger partial charge in [-0.3, -0.25) is 9.59 Å². The number of hydrogen-bond acceptors (Lipinski definition) is 5. The van der Waals surface area contributed by atoms with Crippen molar-refractivity contribution in [3.05, 3.63) is 94.5 Å². The van der Waals surface area contributed by atoms with Crippen molar-refractivity contribution in [2.24, 2.45) is 0 Å². The molecule has 3 aromatic rings. The third-order valence-electron chi connectivity index (χ3n) is 5.05. The van der Waals surface area contributed by atoms with Gasteiger partial charge in [0.2, 0.25) is 0 Å². The van der Waals surface area contributed by atoms with Gasteiger partial charge in [0.05, 0.1) is 6.61 Å². The zero-order valence-electron chi connectivity index (χ0n) is 18.8. The maximum absolute atomic E-state index is 12.7. The molecule has 0 radical (unpaired) electrons. The highest BCUT2D eigenvalue weighted by Crippen LogP contribution is 2.18. The van der Waals surface area contributed by atoms with Gasteiger partial charge in [-0.25, -0.2) is 4.79 Å². The number of nitrogens with one attached hydrogen (secondary N) is 2. The van der Waals surface area contributed by atoms with E-state index in [0.717, 1.165) is 16.7 Å². The fraction of sp³-hybridized carbons (Fsp3) is 0.192. The van der Waals surface area contributed by atoms with E-state index in [4.69, 9.17) is 9.47 Å². The van der Waals surface area contributed by atoms with E-state index in [1.807, 2.05) is 38.1 Å². The lowest BCUT2D eigenvalue weighted by molar-refractivity contribution is 0.0949. The van der Waals surface area contributed by atoms with Crippen molar-refractivity contribution in [3.8, 4) is 5.75 Å². The van der Waals surface area contributed by atoms with Gasteiger partial charge in [0.25, 0.3) is 11.8 Å². The summed E-state index contributed by atoms with van der Waals surface area (Å²) in [6.45, 7) is 6.11. The average Bonchev–Trinajstić information content (AvgIpc) is 2.80.